The van der Waals surface area contributed by atoms with Gasteiger partial charge in [0.25, 0.3) is 21.8 Å². The van der Waals surface area contributed by atoms with E-state index in [1.807, 2.05) is 6.07 Å². The summed E-state index contributed by atoms with van der Waals surface area (Å²) in [5.74, 6) is 0.224. The molecule has 0 bridgehead atoms. The van der Waals surface area contributed by atoms with Gasteiger partial charge in [0, 0.05) is 45.0 Å². The molecule has 0 unspecified atom stereocenters. The second-order valence-electron chi connectivity index (χ2n) is 10.2. The lowest BCUT2D eigenvalue weighted by molar-refractivity contribution is 0.0744. The van der Waals surface area contributed by atoms with Crippen molar-refractivity contribution >= 4 is 33.2 Å². The highest BCUT2D eigenvalue weighted by Gasteiger charge is 2.22. The number of ether oxygens (including phenoxy) is 3. The van der Waals surface area contributed by atoms with E-state index in [1.165, 1.54) is 20.3 Å². The smallest absolute Gasteiger partial charge is 0.265 e. The van der Waals surface area contributed by atoms with E-state index in [-0.39, 0.29) is 22.5 Å². The molecule has 2 amide bonds. The van der Waals surface area contributed by atoms with E-state index in [4.69, 9.17) is 14.2 Å². The molecule has 3 N–H and O–H groups in total. The number of methoxy groups -OCH3 is 3. The SMILES string of the molecule is COCCN(C)C(=O)c1cccc(-c2ccc(OC)c(S(=O)(=O)Nc3cccc(NCCNC(=O)c4ccccc4OC)c3)c2)c1. The minimum absolute atomic E-state index is 0.0566. The van der Waals surface area contributed by atoms with Crippen molar-refractivity contribution in [3.05, 3.63) is 102 Å². The topological polar surface area (TPSA) is 135 Å². The number of hydrogen-bond donors (Lipinski definition) is 3. The van der Waals surface area contributed by atoms with E-state index in [1.54, 1.807) is 97.9 Å². The van der Waals surface area contributed by atoms with Gasteiger partial charge in [-0.15, -0.1) is 0 Å². The first-order valence-electron chi connectivity index (χ1n) is 14.5. The number of anilines is 2. The van der Waals surface area contributed by atoms with Gasteiger partial charge in [-0.2, -0.15) is 0 Å². The summed E-state index contributed by atoms with van der Waals surface area (Å²) in [5, 5.41) is 6.03. The molecular weight excluding hydrogens is 608 g/mol. The summed E-state index contributed by atoms with van der Waals surface area (Å²) >= 11 is 0. The number of rotatable bonds is 15. The minimum Gasteiger partial charge on any atom is -0.496 e. The molecule has 4 aromatic carbocycles. The van der Waals surface area contributed by atoms with Crippen molar-refractivity contribution in [2.24, 2.45) is 0 Å². The highest BCUT2D eigenvalue weighted by molar-refractivity contribution is 7.92. The average molecular weight is 647 g/mol. The normalized spacial score (nSPS) is 11.0. The average Bonchev–Trinajstić information content (AvgIpc) is 3.08. The zero-order valence-corrected chi connectivity index (χ0v) is 27.0. The van der Waals surface area contributed by atoms with Crippen LogP contribution in [0.4, 0.5) is 11.4 Å². The summed E-state index contributed by atoms with van der Waals surface area (Å²) in [6, 6.07) is 25.6. The van der Waals surface area contributed by atoms with Crippen molar-refractivity contribution in [1.29, 1.82) is 0 Å². The number of nitrogens with zero attached hydrogens (tertiary/aromatic N) is 1. The fourth-order valence-corrected chi connectivity index (χ4v) is 5.91. The Hall–Kier alpha value is -5.07. The Kier molecular flexibility index (Phi) is 11.6. The molecule has 0 spiro atoms. The van der Waals surface area contributed by atoms with Crippen LogP contribution in [0.3, 0.4) is 0 Å². The Morgan fingerprint density at radius 1 is 0.761 bits per heavy atom. The molecule has 0 radical (unpaired) electrons. The van der Waals surface area contributed by atoms with Crippen LogP contribution in [0.2, 0.25) is 0 Å². The van der Waals surface area contributed by atoms with Gasteiger partial charge in [-0.3, -0.25) is 14.3 Å². The van der Waals surface area contributed by atoms with Gasteiger partial charge in [-0.05, 0) is 65.7 Å². The van der Waals surface area contributed by atoms with Gasteiger partial charge < -0.3 is 29.7 Å². The van der Waals surface area contributed by atoms with E-state index in [0.29, 0.717) is 65.6 Å². The quantitative estimate of drug-likeness (QED) is 0.158. The molecule has 0 atom stereocenters. The third-order valence-corrected chi connectivity index (χ3v) is 8.48. The van der Waals surface area contributed by atoms with Gasteiger partial charge in [0.15, 0.2) is 0 Å². The molecule has 11 nitrogen and oxygen atoms in total. The van der Waals surface area contributed by atoms with Crippen molar-refractivity contribution in [1.82, 2.24) is 10.2 Å². The number of sulfonamides is 1. The lowest BCUT2D eigenvalue weighted by Gasteiger charge is -2.17. The summed E-state index contributed by atoms with van der Waals surface area (Å²) in [5.41, 5.74) is 3.17. The highest BCUT2D eigenvalue weighted by Crippen LogP contribution is 2.32. The van der Waals surface area contributed by atoms with E-state index in [2.05, 4.69) is 15.4 Å². The first-order chi connectivity index (χ1) is 22.2. The maximum Gasteiger partial charge on any atom is 0.265 e. The van der Waals surface area contributed by atoms with Crippen molar-refractivity contribution in [3.63, 3.8) is 0 Å². The van der Waals surface area contributed by atoms with Crippen LogP contribution in [0, 0.1) is 0 Å². The number of hydrogen-bond acceptors (Lipinski definition) is 8. The lowest BCUT2D eigenvalue weighted by atomic mass is 10.0. The summed E-state index contributed by atoms with van der Waals surface area (Å²) in [7, 11) is 2.10. The summed E-state index contributed by atoms with van der Waals surface area (Å²) in [6.45, 7) is 1.58. The number of amides is 2. The Bertz CT molecular complexity index is 1780. The van der Waals surface area contributed by atoms with Gasteiger partial charge in [0.05, 0.1) is 32.1 Å². The maximum atomic E-state index is 13.6. The van der Waals surface area contributed by atoms with E-state index in [0.717, 1.165) is 0 Å². The predicted octanol–water partition coefficient (Wildman–Crippen LogP) is 4.73. The van der Waals surface area contributed by atoms with Crippen LogP contribution >= 0.6 is 0 Å². The standard InChI is InChI=1S/C34H38N4O7S/c1-38(19-20-43-2)34(40)26-10-7-9-24(21-26)25-15-16-31(45-4)32(22-25)46(41,42)37-28-12-8-11-27(23-28)35-17-18-36-33(39)29-13-5-6-14-30(29)44-3/h5-16,21-23,35,37H,17-20H2,1-4H3,(H,36,39). The van der Waals surface area contributed by atoms with Crippen molar-refractivity contribution in [2.45, 2.75) is 4.90 Å². The molecule has 0 fully saturated rings. The fraction of sp³-hybridized carbons (Fsp3) is 0.235. The third-order valence-electron chi connectivity index (χ3n) is 7.08. The molecule has 0 aliphatic heterocycles. The van der Waals surface area contributed by atoms with Crippen molar-refractivity contribution < 1.29 is 32.2 Å². The molecule has 0 aliphatic carbocycles. The van der Waals surface area contributed by atoms with Crippen LogP contribution < -0.4 is 24.8 Å². The van der Waals surface area contributed by atoms with E-state index >= 15 is 0 Å². The van der Waals surface area contributed by atoms with Crippen LogP contribution in [-0.2, 0) is 14.8 Å². The van der Waals surface area contributed by atoms with Crippen LogP contribution in [-0.4, -0.2) is 79.8 Å². The summed E-state index contributed by atoms with van der Waals surface area (Å²) in [6.07, 6.45) is 0. The first kappa shape index (κ1) is 33.8. The zero-order valence-electron chi connectivity index (χ0n) is 26.2. The number of para-hydroxylation sites is 1. The van der Waals surface area contributed by atoms with Crippen LogP contribution in [0.15, 0.2) is 95.9 Å². The predicted molar refractivity (Wildman–Crippen MR) is 178 cm³/mol. The van der Waals surface area contributed by atoms with Crippen LogP contribution in [0.25, 0.3) is 11.1 Å². The van der Waals surface area contributed by atoms with Gasteiger partial charge >= 0.3 is 0 Å². The molecule has 4 aromatic rings. The Morgan fingerprint density at radius 3 is 2.24 bits per heavy atom. The van der Waals surface area contributed by atoms with Crippen molar-refractivity contribution in [3.8, 4) is 22.6 Å². The molecule has 0 saturated heterocycles. The zero-order chi connectivity index (χ0) is 33.1. The van der Waals surface area contributed by atoms with Gasteiger partial charge in [0.1, 0.15) is 16.4 Å². The summed E-state index contributed by atoms with van der Waals surface area (Å²) < 4.78 is 45.6. The van der Waals surface area contributed by atoms with E-state index in [9.17, 15) is 18.0 Å². The molecule has 46 heavy (non-hydrogen) atoms. The Balaban J connectivity index is 1.45. The molecule has 242 valence electrons. The molecule has 12 heteroatoms. The highest BCUT2D eigenvalue weighted by atomic mass is 32.2. The lowest BCUT2D eigenvalue weighted by Crippen LogP contribution is -2.29. The molecule has 0 aliphatic rings. The van der Waals surface area contributed by atoms with Gasteiger partial charge in [0.2, 0.25) is 0 Å². The minimum atomic E-state index is -4.09. The fourth-order valence-electron chi connectivity index (χ4n) is 4.66. The molecular formula is C34H38N4O7S. The summed E-state index contributed by atoms with van der Waals surface area (Å²) in [4.78, 5) is 26.9. The monoisotopic (exact) mass is 646 g/mol. The first-order valence-corrected chi connectivity index (χ1v) is 16.0. The Morgan fingerprint density at radius 2 is 1.48 bits per heavy atom. The number of nitrogens with one attached hydrogen (secondary N) is 3. The maximum absolute atomic E-state index is 13.6. The van der Waals surface area contributed by atoms with E-state index < -0.39 is 10.0 Å². The number of benzene rings is 4. The third kappa shape index (κ3) is 8.55. The van der Waals surface area contributed by atoms with Gasteiger partial charge in [-0.1, -0.05) is 36.4 Å². The Labute approximate surface area is 269 Å². The van der Waals surface area contributed by atoms with Crippen molar-refractivity contribution in [2.75, 3.05) is 64.7 Å². The molecule has 0 saturated carbocycles. The van der Waals surface area contributed by atoms with Crippen LogP contribution in [0.5, 0.6) is 11.5 Å². The second-order valence-corrected chi connectivity index (χ2v) is 11.9. The van der Waals surface area contributed by atoms with Crippen LogP contribution in [0.1, 0.15) is 20.7 Å². The number of likely N-dealkylation sites (N-methyl/N-ethyl adjacent to an activating group) is 1. The molecule has 0 aromatic heterocycles. The second kappa shape index (κ2) is 15.8. The number of carbonyl (C=O) groups excluding carboxylic acids is 2. The molecule has 0 heterocycles. The number of carbonyl (C=O) groups is 2. The largest absolute Gasteiger partial charge is 0.496 e. The van der Waals surface area contributed by atoms with Gasteiger partial charge in [-0.25, -0.2) is 8.42 Å². The molecule has 4 rings (SSSR count).